The second kappa shape index (κ2) is 7.45. The van der Waals surface area contributed by atoms with E-state index in [1.807, 2.05) is 18.2 Å². The normalized spacial score (nSPS) is 10.4. The van der Waals surface area contributed by atoms with E-state index in [0.29, 0.717) is 16.7 Å². The van der Waals surface area contributed by atoms with E-state index in [-0.39, 0.29) is 6.29 Å². The molecular formula is C11H15ClN2O2S. The minimum absolute atomic E-state index is 0.332. The SMILES string of the molecule is COC(CNC(=S)Nc1ccccc1Cl)OC. The maximum Gasteiger partial charge on any atom is 0.174 e. The summed E-state index contributed by atoms with van der Waals surface area (Å²) in [6.07, 6.45) is -0.332. The molecule has 0 atom stereocenters. The minimum Gasteiger partial charge on any atom is -0.357 e. The number of ether oxygens (including phenoxy) is 2. The third kappa shape index (κ3) is 4.87. The van der Waals surface area contributed by atoms with Gasteiger partial charge in [0.1, 0.15) is 0 Å². The van der Waals surface area contributed by atoms with Gasteiger partial charge in [-0.2, -0.15) is 0 Å². The van der Waals surface area contributed by atoms with E-state index in [0.717, 1.165) is 5.69 Å². The van der Waals surface area contributed by atoms with Crippen molar-refractivity contribution in [3.63, 3.8) is 0 Å². The Bertz CT molecular complexity index is 372. The second-order valence-corrected chi connectivity index (χ2v) is 4.03. The summed E-state index contributed by atoms with van der Waals surface area (Å²) in [5.41, 5.74) is 0.762. The zero-order valence-electron chi connectivity index (χ0n) is 9.70. The predicted octanol–water partition coefficient (Wildman–Crippen LogP) is 2.25. The number of rotatable bonds is 5. The van der Waals surface area contributed by atoms with Gasteiger partial charge in [-0.1, -0.05) is 23.7 Å². The Balaban J connectivity index is 2.42. The lowest BCUT2D eigenvalue weighted by molar-refractivity contribution is -0.0964. The van der Waals surface area contributed by atoms with Crippen molar-refractivity contribution >= 4 is 34.6 Å². The van der Waals surface area contributed by atoms with Gasteiger partial charge >= 0.3 is 0 Å². The van der Waals surface area contributed by atoms with Gasteiger partial charge in [0, 0.05) is 14.2 Å². The van der Waals surface area contributed by atoms with E-state index >= 15 is 0 Å². The van der Waals surface area contributed by atoms with Gasteiger partial charge in [0.25, 0.3) is 0 Å². The maximum absolute atomic E-state index is 5.99. The molecule has 1 aromatic carbocycles. The van der Waals surface area contributed by atoms with Crippen LogP contribution in [0.2, 0.25) is 5.02 Å². The van der Waals surface area contributed by atoms with Crippen LogP contribution in [0.15, 0.2) is 24.3 Å². The van der Waals surface area contributed by atoms with Gasteiger partial charge in [-0.25, -0.2) is 0 Å². The van der Waals surface area contributed by atoms with Crippen LogP contribution in [-0.2, 0) is 9.47 Å². The van der Waals surface area contributed by atoms with E-state index in [9.17, 15) is 0 Å². The fourth-order valence-electron chi connectivity index (χ4n) is 1.17. The van der Waals surface area contributed by atoms with Crippen molar-refractivity contribution in [1.82, 2.24) is 5.32 Å². The van der Waals surface area contributed by atoms with Crippen LogP contribution in [0.1, 0.15) is 0 Å². The Hall–Kier alpha value is -0.880. The Kier molecular flexibility index (Phi) is 6.21. The lowest BCUT2D eigenvalue weighted by atomic mass is 10.3. The molecule has 0 aliphatic carbocycles. The minimum atomic E-state index is -0.332. The summed E-state index contributed by atoms with van der Waals surface area (Å²) in [4.78, 5) is 0. The second-order valence-electron chi connectivity index (χ2n) is 3.22. The molecule has 0 spiro atoms. The van der Waals surface area contributed by atoms with Crippen molar-refractivity contribution < 1.29 is 9.47 Å². The van der Waals surface area contributed by atoms with Crippen molar-refractivity contribution in [3.8, 4) is 0 Å². The van der Waals surface area contributed by atoms with E-state index in [1.54, 1.807) is 20.3 Å². The summed E-state index contributed by atoms with van der Waals surface area (Å²) in [5, 5.41) is 7.05. The summed E-state index contributed by atoms with van der Waals surface area (Å²) >= 11 is 11.1. The number of thiocarbonyl (C=S) groups is 1. The third-order valence-corrected chi connectivity index (χ3v) is 2.65. The standard InChI is InChI=1S/C11H15ClN2O2S/c1-15-10(16-2)7-13-11(17)14-9-6-4-3-5-8(9)12/h3-6,10H,7H2,1-2H3,(H2,13,14,17). The number of methoxy groups -OCH3 is 2. The number of hydrogen-bond acceptors (Lipinski definition) is 3. The van der Waals surface area contributed by atoms with Gasteiger partial charge in [0.2, 0.25) is 0 Å². The largest absolute Gasteiger partial charge is 0.357 e. The first-order valence-corrected chi connectivity index (χ1v) is 5.81. The fourth-order valence-corrected chi connectivity index (χ4v) is 1.54. The molecule has 6 heteroatoms. The molecule has 0 saturated carbocycles. The number of nitrogens with one attached hydrogen (secondary N) is 2. The molecule has 0 aliphatic heterocycles. The summed E-state index contributed by atoms with van der Waals surface area (Å²) in [7, 11) is 3.14. The summed E-state index contributed by atoms with van der Waals surface area (Å²) in [5.74, 6) is 0. The van der Waals surface area contributed by atoms with E-state index < -0.39 is 0 Å². The highest BCUT2D eigenvalue weighted by atomic mass is 35.5. The van der Waals surface area contributed by atoms with E-state index in [2.05, 4.69) is 10.6 Å². The third-order valence-electron chi connectivity index (χ3n) is 2.08. The van der Waals surface area contributed by atoms with Crippen LogP contribution in [-0.4, -0.2) is 32.2 Å². The first kappa shape index (κ1) is 14.2. The molecule has 0 aliphatic rings. The van der Waals surface area contributed by atoms with Crippen molar-refractivity contribution in [1.29, 1.82) is 0 Å². The predicted molar refractivity (Wildman–Crippen MR) is 73.5 cm³/mol. The smallest absolute Gasteiger partial charge is 0.174 e. The van der Waals surface area contributed by atoms with Gasteiger partial charge in [0.15, 0.2) is 11.4 Å². The highest BCUT2D eigenvalue weighted by Gasteiger charge is 2.06. The van der Waals surface area contributed by atoms with Crippen molar-refractivity contribution in [3.05, 3.63) is 29.3 Å². The van der Waals surface area contributed by atoms with Gasteiger partial charge < -0.3 is 20.1 Å². The Morgan fingerprint density at radius 3 is 2.59 bits per heavy atom. The first-order chi connectivity index (χ1) is 8.17. The maximum atomic E-state index is 5.99. The zero-order valence-corrected chi connectivity index (χ0v) is 11.3. The molecule has 0 aromatic heterocycles. The van der Waals surface area contributed by atoms with E-state index in [1.165, 1.54) is 0 Å². The number of halogens is 1. The summed E-state index contributed by atoms with van der Waals surface area (Å²) in [6, 6.07) is 7.37. The molecule has 0 bridgehead atoms. The van der Waals surface area contributed by atoms with Crippen LogP contribution in [0.25, 0.3) is 0 Å². The van der Waals surface area contributed by atoms with Gasteiger partial charge in [-0.15, -0.1) is 0 Å². The Morgan fingerprint density at radius 1 is 1.35 bits per heavy atom. The van der Waals surface area contributed by atoms with Crippen LogP contribution >= 0.6 is 23.8 Å². The molecule has 0 saturated heterocycles. The fraction of sp³-hybridized carbons (Fsp3) is 0.364. The van der Waals surface area contributed by atoms with Gasteiger partial charge in [0.05, 0.1) is 17.3 Å². The number of anilines is 1. The van der Waals surface area contributed by atoms with Gasteiger partial charge in [-0.3, -0.25) is 0 Å². The molecule has 1 rings (SSSR count). The molecule has 94 valence electrons. The quantitative estimate of drug-likeness (QED) is 0.637. The molecule has 4 nitrogen and oxygen atoms in total. The zero-order chi connectivity index (χ0) is 12.7. The topological polar surface area (TPSA) is 42.5 Å². The van der Waals surface area contributed by atoms with Crippen LogP contribution in [0.5, 0.6) is 0 Å². The highest BCUT2D eigenvalue weighted by molar-refractivity contribution is 7.80. The summed E-state index contributed by atoms with van der Waals surface area (Å²) < 4.78 is 10.1. The van der Waals surface area contributed by atoms with Crippen molar-refractivity contribution in [2.45, 2.75) is 6.29 Å². The molecule has 0 amide bonds. The average molecular weight is 275 g/mol. The van der Waals surface area contributed by atoms with Gasteiger partial charge in [-0.05, 0) is 24.4 Å². The number of benzene rings is 1. The summed E-state index contributed by atoms with van der Waals surface area (Å²) in [6.45, 7) is 0.462. The molecule has 0 unspecified atom stereocenters. The van der Waals surface area contributed by atoms with Crippen LogP contribution < -0.4 is 10.6 Å². The molecule has 17 heavy (non-hydrogen) atoms. The van der Waals surface area contributed by atoms with Crippen LogP contribution in [0, 0.1) is 0 Å². The molecule has 0 fully saturated rings. The highest BCUT2D eigenvalue weighted by Crippen LogP contribution is 2.19. The molecule has 0 heterocycles. The van der Waals surface area contributed by atoms with Crippen LogP contribution in [0.3, 0.4) is 0 Å². The van der Waals surface area contributed by atoms with Crippen molar-refractivity contribution in [2.24, 2.45) is 0 Å². The molecule has 2 N–H and O–H groups in total. The Labute approximate surface area is 111 Å². The van der Waals surface area contributed by atoms with E-state index in [4.69, 9.17) is 33.3 Å². The monoisotopic (exact) mass is 274 g/mol. The molecule has 1 aromatic rings. The number of hydrogen-bond donors (Lipinski definition) is 2. The lowest BCUT2D eigenvalue weighted by Crippen LogP contribution is -2.36. The lowest BCUT2D eigenvalue weighted by Gasteiger charge is -2.16. The van der Waals surface area contributed by atoms with Crippen molar-refractivity contribution in [2.75, 3.05) is 26.1 Å². The molecule has 0 radical (unpaired) electrons. The Morgan fingerprint density at radius 2 is 2.00 bits per heavy atom. The average Bonchev–Trinajstić information content (AvgIpc) is 2.33. The van der Waals surface area contributed by atoms with Crippen LogP contribution in [0.4, 0.5) is 5.69 Å². The first-order valence-electron chi connectivity index (χ1n) is 5.02. The molecular weight excluding hydrogens is 260 g/mol. The number of para-hydroxylation sites is 1.